The molecule has 2 aromatic carbocycles. The Labute approximate surface area is 161 Å². The summed E-state index contributed by atoms with van der Waals surface area (Å²) in [7, 11) is 0. The Morgan fingerprint density at radius 1 is 1.11 bits per heavy atom. The van der Waals surface area contributed by atoms with E-state index in [2.05, 4.69) is 35.2 Å². The van der Waals surface area contributed by atoms with E-state index in [9.17, 15) is 4.79 Å². The minimum absolute atomic E-state index is 0.195. The second-order valence-electron chi connectivity index (χ2n) is 7.55. The number of amides is 1. The molecule has 0 N–H and O–H groups in total. The molecule has 0 aliphatic carbocycles. The molecule has 2 aliphatic rings. The summed E-state index contributed by atoms with van der Waals surface area (Å²) < 4.78 is 6.13. The van der Waals surface area contributed by atoms with E-state index in [4.69, 9.17) is 4.74 Å². The second kappa shape index (κ2) is 8.13. The van der Waals surface area contributed by atoms with Crippen molar-refractivity contribution in [3.63, 3.8) is 0 Å². The van der Waals surface area contributed by atoms with Gasteiger partial charge in [0.2, 0.25) is 5.91 Å². The standard InChI is InChI=1S/C23H28N2O2/c1-2-23(26)25-20-13-15-24(14-12-18-8-4-3-5-9-18)16-19(20)17-27-22-11-7-6-10-21(22)25/h3-11,19-20H,2,12-17H2,1H3. The number of para-hydroxylation sites is 2. The highest BCUT2D eigenvalue weighted by Gasteiger charge is 2.39. The number of piperidine rings is 1. The lowest BCUT2D eigenvalue weighted by atomic mass is 9.90. The van der Waals surface area contributed by atoms with Gasteiger partial charge in [0.15, 0.2) is 0 Å². The highest BCUT2D eigenvalue weighted by Crippen LogP contribution is 2.38. The quantitative estimate of drug-likeness (QED) is 0.828. The van der Waals surface area contributed by atoms with E-state index in [1.165, 1.54) is 5.56 Å². The molecule has 1 saturated heterocycles. The first-order valence-electron chi connectivity index (χ1n) is 10.1. The van der Waals surface area contributed by atoms with Crippen LogP contribution in [-0.2, 0) is 11.2 Å². The fraction of sp³-hybridized carbons (Fsp3) is 0.435. The molecule has 27 heavy (non-hydrogen) atoms. The molecule has 0 spiro atoms. The number of anilines is 1. The fourth-order valence-corrected chi connectivity index (χ4v) is 4.38. The van der Waals surface area contributed by atoms with Crippen LogP contribution in [0.25, 0.3) is 0 Å². The number of likely N-dealkylation sites (tertiary alicyclic amines) is 1. The molecular weight excluding hydrogens is 336 g/mol. The molecule has 4 nitrogen and oxygen atoms in total. The first-order valence-corrected chi connectivity index (χ1v) is 10.1. The monoisotopic (exact) mass is 364 g/mol. The molecule has 4 heteroatoms. The number of hydrogen-bond donors (Lipinski definition) is 0. The minimum Gasteiger partial charge on any atom is -0.491 e. The molecule has 2 aromatic rings. The third-order valence-electron chi connectivity index (χ3n) is 5.82. The second-order valence-corrected chi connectivity index (χ2v) is 7.55. The van der Waals surface area contributed by atoms with Crippen LogP contribution in [0.1, 0.15) is 25.3 Å². The Morgan fingerprint density at radius 2 is 1.89 bits per heavy atom. The molecule has 0 bridgehead atoms. The smallest absolute Gasteiger partial charge is 0.227 e. The van der Waals surface area contributed by atoms with E-state index in [-0.39, 0.29) is 11.9 Å². The summed E-state index contributed by atoms with van der Waals surface area (Å²) in [4.78, 5) is 17.3. The number of carbonyl (C=O) groups excluding carboxylic acids is 1. The Morgan fingerprint density at radius 3 is 2.70 bits per heavy atom. The summed E-state index contributed by atoms with van der Waals surface area (Å²) in [6, 6.07) is 18.9. The van der Waals surface area contributed by atoms with Crippen LogP contribution in [0.3, 0.4) is 0 Å². The molecule has 0 radical (unpaired) electrons. The van der Waals surface area contributed by atoms with Gasteiger partial charge in [0.1, 0.15) is 5.75 Å². The van der Waals surface area contributed by atoms with Crippen LogP contribution >= 0.6 is 0 Å². The average Bonchev–Trinajstić information content (AvgIpc) is 2.89. The summed E-state index contributed by atoms with van der Waals surface area (Å²) in [5.74, 6) is 1.38. The van der Waals surface area contributed by atoms with Gasteiger partial charge in [-0.25, -0.2) is 0 Å². The van der Waals surface area contributed by atoms with Crippen molar-refractivity contribution in [2.45, 2.75) is 32.2 Å². The summed E-state index contributed by atoms with van der Waals surface area (Å²) in [6.07, 6.45) is 2.59. The molecule has 0 aromatic heterocycles. The lowest BCUT2D eigenvalue weighted by Crippen LogP contribution is -2.54. The average molecular weight is 364 g/mol. The zero-order chi connectivity index (χ0) is 18.6. The SMILES string of the molecule is CCC(=O)N1c2ccccc2OCC2CN(CCc3ccccc3)CCC21. The van der Waals surface area contributed by atoms with Gasteiger partial charge in [0.25, 0.3) is 0 Å². The van der Waals surface area contributed by atoms with Crippen LogP contribution in [0.4, 0.5) is 5.69 Å². The predicted molar refractivity (Wildman–Crippen MR) is 108 cm³/mol. The van der Waals surface area contributed by atoms with E-state index in [1.54, 1.807) is 0 Å². The fourth-order valence-electron chi connectivity index (χ4n) is 4.38. The Kier molecular flexibility index (Phi) is 5.44. The van der Waals surface area contributed by atoms with Crippen LogP contribution in [0.5, 0.6) is 5.75 Å². The van der Waals surface area contributed by atoms with E-state index in [0.717, 1.165) is 43.9 Å². The highest BCUT2D eigenvalue weighted by molar-refractivity contribution is 5.95. The first-order chi connectivity index (χ1) is 13.3. The van der Waals surface area contributed by atoms with Crippen LogP contribution in [0.15, 0.2) is 54.6 Å². The highest BCUT2D eigenvalue weighted by atomic mass is 16.5. The lowest BCUT2D eigenvalue weighted by molar-refractivity contribution is -0.119. The first kappa shape index (κ1) is 18.1. The zero-order valence-electron chi connectivity index (χ0n) is 16.0. The Bertz CT molecular complexity index is 777. The number of fused-ring (bicyclic) bond motifs is 2. The summed E-state index contributed by atoms with van der Waals surface area (Å²) in [5, 5.41) is 0. The molecule has 2 unspecified atom stereocenters. The van der Waals surface area contributed by atoms with E-state index >= 15 is 0 Å². The van der Waals surface area contributed by atoms with Crippen molar-refractivity contribution in [2.24, 2.45) is 5.92 Å². The van der Waals surface area contributed by atoms with E-state index in [0.29, 0.717) is 18.9 Å². The molecule has 0 saturated carbocycles. The predicted octanol–water partition coefficient (Wildman–Crippen LogP) is 3.76. The third-order valence-corrected chi connectivity index (χ3v) is 5.82. The number of benzene rings is 2. The zero-order valence-corrected chi connectivity index (χ0v) is 16.0. The van der Waals surface area contributed by atoms with Gasteiger partial charge in [-0.05, 0) is 30.5 Å². The van der Waals surface area contributed by atoms with Crippen molar-refractivity contribution in [3.8, 4) is 5.75 Å². The van der Waals surface area contributed by atoms with Gasteiger partial charge >= 0.3 is 0 Å². The van der Waals surface area contributed by atoms with E-state index < -0.39 is 0 Å². The minimum atomic E-state index is 0.195. The van der Waals surface area contributed by atoms with Crippen LogP contribution in [-0.4, -0.2) is 43.1 Å². The largest absolute Gasteiger partial charge is 0.491 e. The Balaban J connectivity index is 1.49. The molecule has 2 atom stereocenters. The van der Waals surface area contributed by atoms with Gasteiger partial charge in [-0.2, -0.15) is 0 Å². The van der Waals surface area contributed by atoms with Crippen molar-refractivity contribution < 1.29 is 9.53 Å². The van der Waals surface area contributed by atoms with Crippen molar-refractivity contribution in [2.75, 3.05) is 31.1 Å². The summed E-state index contributed by atoms with van der Waals surface area (Å²) in [6.45, 7) is 5.70. The molecule has 1 amide bonds. The van der Waals surface area contributed by atoms with E-state index in [1.807, 2.05) is 36.1 Å². The van der Waals surface area contributed by atoms with Crippen LogP contribution in [0.2, 0.25) is 0 Å². The van der Waals surface area contributed by atoms with Gasteiger partial charge in [-0.15, -0.1) is 0 Å². The third kappa shape index (κ3) is 3.86. The van der Waals surface area contributed by atoms with Crippen molar-refractivity contribution >= 4 is 11.6 Å². The maximum absolute atomic E-state index is 12.8. The number of hydrogen-bond acceptors (Lipinski definition) is 3. The van der Waals surface area contributed by atoms with Gasteiger partial charge in [-0.1, -0.05) is 49.4 Å². The maximum atomic E-state index is 12.8. The van der Waals surface area contributed by atoms with Crippen molar-refractivity contribution in [1.82, 2.24) is 4.90 Å². The molecule has 2 heterocycles. The van der Waals surface area contributed by atoms with Crippen molar-refractivity contribution in [3.05, 3.63) is 60.2 Å². The molecule has 142 valence electrons. The summed E-state index contributed by atoms with van der Waals surface area (Å²) >= 11 is 0. The number of ether oxygens (including phenoxy) is 1. The van der Waals surface area contributed by atoms with Gasteiger partial charge < -0.3 is 14.5 Å². The molecule has 1 fully saturated rings. The summed E-state index contributed by atoms with van der Waals surface area (Å²) in [5.41, 5.74) is 2.32. The van der Waals surface area contributed by atoms with Crippen molar-refractivity contribution in [1.29, 1.82) is 0 Å². The van der Waals surface area contributed by atoms with Crippen LogP contribution < -0.4 is 9.64 Å². The Hall–Kier alpha value is -2.33. The number of carbonyl (C=O) groups is 1. The maximum Gasteiger partial charge on any atom is 0.227 e. The molecule has 4 rings (SSSR count). The topological polar surface area (TPSA) is 32.8 Å². The number of nitrogens with zero attached hydrogens (tertiary/aromatic N) is 2. The van der Waals surface area contributed by atoms with Gasteiger partial charge in [-0.3, -0.25) is 4.79 Å². The molecule has 2 aliphatic heterocycles. The normalized spacial score (nSPS) is 22.3. The number of rotatable bonds is 4. The van der Waals surface area contributed by atoms with Gasteiger partial charge in [0.05, 0.1) is 12.3 Å². The van der Waals surface area contributed by atoms with Crippen LogP contribution in [0, 0.1) is 5.92 Å². The van der Waals surface area contributed by atoms with Gasteiger partial charge in [0, 0.05) is 38.0 Å². The lowest BCUT2D eigenvalue weighted by Gasteiger charge is -2.42. The molecular formula is C23H28N2O2.